The molecule has 1 heterocycles. The van der Waals surface area contributed by atoms with Gasteiger partial charge in [0.25, 0.3) is 0 Å². The largest absolute Gasteiger partial charge is 0.380 e. The lowest BCUT2D eigenvalue weighted by atomic mass is 10.1. The minimum absolute atomic E-state index is 0.0960. The van der Waals surface area contributed by atoms with Gasteiger partial charge in [-0.2, -0.15) is 0 Å². The van der Waals surface area contributed by atoms with Gasteiger partial charge in [-0.05, 0) is 25.0 Å². The Morgan fingerprint density at radius 3 is 1.17 bits per heavy atom. The third-order valence-electron chi connectivity index (χ3n) is 3.79. The zero-order chi connectivity index (χ0) is 17.1. The number of aryl methyl sites for hydroxylation is 2. The molecule has 3 aromatic rings. The van der Waals surface area contributed by atoms with Crippen LogP contribution in [-0.4, -0.2) is 30.6 Å². The molecule has 6 nitrogen and oxygen atoms in total. The maximum Gasteiger partial charge on any atom is 0.206 e. The fourth-order valence-electron chi connectivity index (χ4n) is 2.26. The van der Waals surface area contributed by atoms with Crippen molar-refractivity contribution in [1.82, 2.24) is 20.4 Å². The van der Waals surface area contributed by atoms with Crippen LogP contribution in [0.5, 0.6) is 0 Å². The molecule has 0 aliphatic carbocycles. The van der Waals surface area contributed by atoms with Gasteiger partial charge in [-0.15, -0.1) is 20.4 Å². The standard InChI is InChI=1S/C18H18N4O2/c1-11-3-7-13(8-4-11)15(23)17-19-21-18(22-20-17)16(24)14-9-5-12(2)6-10-14/h3-10,15-16,23-24H,1-2H3/t15-,16-/m1/s1. The Hall–Kier alpha value is -2.70. The molecular formula is C18H18N4O2. The van der Waals surface area contributed by atoms with Crippen LogP contribution in [0.3, 0.4) is 0 Å². The van der Waals surface area contributed by atoms with Crippen molar-refractivity contribution in [2.75, 3.05) is 0 Å². The average Bonchev–Trinajstić information content (AvgIpc) is 2.62. The van der Waals surface area contributed by atoms with Gasteiger partial charge in [0, 0.05) is 0 Å². The first-order chi connectivity index (χ1) is 11.5. The summed E-state index contributed by atoms with van der Waals surface area (Å²) >= 11 is 0. The SMILES string of the molecule is Cc1ccc([C@@H](O)c2nnc([C@H](O)c3ccc(C)cc3)nn2)cc1. The van der Waals surface area contributed by atoms with Crippen LogP contribution in [0.25, 0.3) is 0 Å². The van der Waals surface area contributed by atoms with E-state index in [0.29, 0.717) is 11.1 Å². The highest BCUT2D eigenvalue weighted by Gasteiger charge is 2.18. The van der Waals surface area contributed by atoms with E-state index in [9.17, 15) is 10.2 Å². The van der Waals surface area contributed by atoms with Crippen molar-refractivity contribution >= 4 is 0 Å². The molecule has 1 aromatic heterocycles. The Morgan fingerprint density at radius 1 is 0.583 bits per heavy atom. The van der Waals surface area contributed by atoms with Crippen molar-refractivity contribution in [2.24, 2.45) is 0 Å². The second kappa shape index (κ2) is 6.82. The monoisotopic (exact) mass is 322 g/mol. The number of hydrogen-bond donors (Lipinski definition) is 2. The fraction of sp³-hybridized carbons (Fsp3) is 0.222. The van der Waals surface area contributed by atoms with Gasteiger partial charge < -0.3 is 10.2 Å². The summed E-state index contributed by atoms with van der Waals surface area (Å²) in [5.74, 6) is 0.192. The van der Waals surface area contributed by atoms with Crippen LogP contribution < -0.4 is 0 Å². The van der Waals surface area contributed by atoms with E-state index in [4.69, 9.17) is 0 Å². The zero-order valence-corrected chi connectivity index (χ0v) is 13.5. The van der Waals surface area contributed by atoms with Crippen LogP contribution in [-0.2, 0) is 0 Å². The van der Waals surface area contributed by atoms with Crippen LogP contribution >= 0.6 is 0 Å². The van der Waals surface area contributed by atoms with Gasteiger partial charge in [-0.1, -0.05) is 59.7 Å². The first kappa shape index (κ1) is 16.2. The van der Waals surface area contributed by atoms with Crippen molar-refractivity contribution < 1.29 is 10.2 Å². The van der Waals surface area contributed by atoms with Crippen molar-refractivity contribution in [3.63, 3.8) is 0 Å². The Kier molecular flexibility index (Phi) is 4.59. The Labute approximate surface area is 139 Å². The molecule has 0 saturated carbocycles. The van der Waals surface area contributed by atoms with Gasteiger partial charge in [0.2, 0.25) is 11.6 Å². The number of aliphatic hydroxyl groups excluding tert-OH is 2. The van der Waals surface area contributed by atoms with E-state index in [2.05, 4.69) is 20.4 Å². The smallest absolute Gasteiger partial charge is 0.206 e. The number of benzene rings is 2. The third kappa shape index (κ3) is 3.45. The molecule has 6 heteroatoms. The Morgan fingerprint density at radius 2 is 0.875 bits per heavy atom. The molecule has 0 bridgehead atoms. The molecule has 0 fully saturated rings. The average molecular weight is 322 g/mol. The molecule has 24 heavy (non-hydrogen) atoms. The first-order valence-electron chi connectivity index (χ1n) is 7.61. The maximum atomic E-state index is 10.3. The topological polar surface area (TPSA) is 92.0 Å². The van der Waals surface area contributed by atoms with Gasteiger partial charge in [0.15, 0.2) is 0 Å². The predicted octanol–water partition coefficient (Wildman–Crippen LogP) is 2.05. The molecule has 0 unspecified atom stereocenters. The molecule has 122 valence electrons. The molecule has 3 rings (SSSR count). The van der Waals surface area contributed by atoms with Crippen LogP contribution in [0.1, 0.15) is 46.1 Å². The highest BCUT2D eigenvalue weighted by Crippen LogP contribution is 2.20. The second-order valence-electron chi connectivity index (χ2n) is 5.74. The highest BCUT2D eigenvalue weighted by atomic mass is 16.3. The number of aliphatic hydroxyl groups is 2. The van der Waals surface area contributed by atoms with E-state index >= 15 is 0 Å². The lowest BCUT2D eigenvalue weighted by Crippen LogP contribution is -2.13. The lowest BCUT2D eigenvalue weighted by molar-refractivity contribution is 0.193. The van der Waals surface area contributed by atoms with E-state index in [1.165, 1.54) is 0 Å². The molecule has 0 radical (unpaired) electrons. The van der Waals surface area contributed by atoms with E-state index in [-0.39, 0.29) is 11.6 Å². The summed E-state index contributed by atoms with van der Waals surface area (Å²) < 4.78 is 0. The minimum Gasteiger partial charge on any atom is -0.380 e. The van der Waals surface area contributed by atoms with Crippen molar-refractivity contribution in [1.29, 1.82) is 0 Å². The normalized spacial score (nSPS) is 13.5. The van der Waals surface area contributed by atoms with E-state index in [1.54, 1.807) is 24.3 Å². The van der Waals surface area contributed by atoms with Crippen LogP contribution in [0, 0.1) is 13.8 Å². The molecule has 2 aromatic carbocycles. The minimum atomic E-state index is -1.00. The van der Waals surface area contributed by atoms with Gasteiger partial charge in [0.05, 0.1) is 0 Å². The predicted molar refractivity (Wildman–Crippen MR) is 88.1 cm³/mol. The zero-order valence-electron chi connectivity index (χ0n) is 13.5. The Balaban J connectivity index is 1.79. The van der Waals surface area contributed by atoms with Crippen LogP contribution in [0.15, 0.2) is 48.5 Å². The van der Waals surface area contributed by atoms with E-state index in [1.807, 2.05) is 38.1 Å². The van der Waals surface area contributed by atoms with Crippen molar-refractivity contribution in [3.8, 4) is 0 Å². The molecule has 0 saturated heterocycles. The molecular weight excluding hydrogens is 304 g/mol. The summed E-state index contributed by atoms with van der Waals surface area (Å²) in [5, 5.41) is 36.2. The summed E-state index contributed by atoms with van der Waals surface area (Å²) in [7, 11) is 0. The molecule has 0 aliphatic rings. The second-order valence-corrected chi connectivity index (χ2v) is 5.74. The van der Waals surface area contributed by atoms with Gasteiger partial charge >= 0.3 is 0 Å². The molecule has 0 spiro atoms. The third-order valence-corrected chi connectivity index (χ3v) is 3.79. The summed E-state index contributed by atoms with van der Waals surface area (Å²) in [6.07, 6.45) is -2.01. The molecule has 2 N–H and O–H groups in total. The summed E-state index contributed by atoms with van der Waals surface area (Å²) in [6, 6.07) is 14.8. The first-order valence-corrected chi connectivity index (χ1v) is 7.61. The van der Waals surface area contributed by atoms with E-state index < -0.39 is 12.2 Å². The Bertz CT molecular complexity index is 731. The van der Waals surface area contributed by atoms with Crippen molar-refractivity contribution in [3.05, 3.63) is 82.4 Å². The van der Waals surface area contributed by atoms with Crippen LogP contribution in [0.4, 0.5) is 0 Å². The quantitative estimate of drug-likeness (QED) is 0.764. The van der Waals surface area contributed by atoms with Gasteiger partial charge in [-0.3, -0.25) is 0 Å². The van der Waals surface area contributed by atoms with Gasteiger partial charge in [-0.25, -0.2) is 0 Å². The number of hydrogen-bond acceptors (Lipinski definition) is 6. The fourth-order valence-corrected chi connectivity index (χ4v) is 2.26. The number of aromatic nitrogens is 4. The van der Waals surface area contributed by atoms with E-state index in [0.717, 1.165) is 11.1 Å². The maximum absolute atomic E-state index is 10.3. The van der Waals surface area contributed by atoms with Gasteiger partial charge in [0.1, 0.15) is 12.2 Å². The summed E-state index contributed by atoms with van der Waals surface area (Å²) in [5.41, 5.74) is 3.52. The highest BCUT2D eigenvalue weighted by molar-refractivity contribution is 5.27. The van der Waals surface area contributed by atoms with Crippen LogP contribution in [0.2, 0.25) is 0 Å². The van der Waals surface area contributed by atoms with Crippen molar-refractivity contribution in [2.45, 2.75) is 26.1 Å². The number of rotatable bonds is 4. The number of nitrogens with zero attached hydrogens (tertiary/aromatic N) is 4. The summed E-state index contributed by atoms with van der Waals surface area (Å²) in [6.45, 7) is 3.94. The molecule has 0 aliphatic heterocycles. The molecule has 0 amide bonds. The lowest BCUT2D eigenvalue weighted by Gasteiger charge is -2.11. The molecule has 2 atom stereocenters. The summed E-state index contributed by atoms with van der Waals surface area (Å²) in [4.78, 5) is 0.